The van der Waals surface area contributed by atoms with Crippen molar-refractivity contribution < 1.29 is 13.6 Å². The first-order valence-electron chi connectivity index (χ1n) is 10.4. The van der Waals surface area contributed by atoms with E-state index in [9.17, 15) is 13.6 Å². The fourth-order valence-corrected chi connectivity index (χ4v) is 4.44. The van der Waals surface area contributed by atoms with Gasteiger partial charge in [-0.15, -0.1) is 11.3 Å². The SMILES string of the molecule is CC(C)(C)c1nc(-c2ccnc(N)n2)c(-c2ccc(F)c(NC(=O)Nc3cc(F)ccc3Cl)c2)s1. The van der Waals surface area contributed by atoms with Gasteiger partial charge >= 0.3 is 6.03 Å². The summed E-state index contributed by atoms with van der Waals surface area (Å²) in [5.74, 6) is -1.12. The van der Waals surface area contributed by atoms with E-state index in [2.05, 4.69) is 20.6 Å². The maximum atomic E-state index is 14.6. The summed E-state index contributed by atoms with van der Waals surface area (Å²) >= 11 is 7.44. The van der Waals surface area contributed by atoms with Crippen LogP contribution in [0.2, 0.25) is 5.02 Å². The second kappa shape index (κ2) is 9.55. The number of thiazole rings is 1. The average molecular weight is 515 g/mol. The molecule has 35 heavy (non-hydrogen) atoms. The van der Waals surface area contributed by atoms with Crippen molar-refractivity contribution in [3.05, 3.63) is 70.3 Å². The molecule has 0 saturated carbocycles. The number of halogens is 3. The molecule has 2 aromatic carbocycles. The molecule has 0 spiro atoms. The summed E-state index contributed by atoms with van der Waals surface area (Å²) in [6, 6.07) is 8.79. The molecular formula is C24H21ClF2N6OS. The van der Waals surface area contributed by atoms with Crippen molar-refractivity contribution in [2.45, 2.75) is 26.2 Å². The van der Waals surface area contributed by atoms with Crippen LogP contribution in [0, 0.1) is 11.6 Å². The van der Waals surface area contributed by atoms with Gasteiger partial charge in [0.2, 0.25) is 5.95 Å². The van der Waals surface area contributed by atoms with Crippen molar-refractivity contribution in [2.24, 2.45) is 0 Å². The van der Waals surface area contributed by atoms with Crippen LogP contribution in [-0.4, -0.2) is 21.0 Å². The summed E-state index contributed by atoms with van der Waals surface area (Å²) < 4.78 is 28.1. The highest BCUT2D eigenvalue weighted by atomic mass is 35.5. The lowest BCUT2D eigenvalue weighted by molar-refractivity contribution is 0.262. The van der Waals surface area contributed by atoms with Gasteiger partial charge in [0.1, 0.15) is 17.3 Å². The number of aromatic nitrogens is 3. The third-order valence-electron chi connectivity index (χ3n) is 4.84. The van der Waals surface area contributed by atoms with Crippen LogP contribution < -0.4 is 16.4 Å². The van der Waals surface area contributed by atoms with E-state index < -0.39 is 17.7 Å². The van der Waals surface area contributed by atoms with Crippen molar-refractivity contribution in [3.63, 3.8) is 0 Å². The van der Waals surface area contributed by atoms with Gasteiger partial charge < -0.3 is 16.4 Å². The second-order valence-corrected chi connectivity index (χ2v) is 10.1. The molecule has 4 aromatic rings. The molecule has 11 heteroatoms. The monoisotopic (exact) mass is 514 g/mol. The summed E-state index contributed by atoms with van der Waals surface area (Å²) in [7, 11) is 0. The van der Waals surface area contributed by atoms with E-state index in [0.717, 1.165) is 16.0 Å². The van der Waals surface area contributed by atoms with E-state index >= 15 is 0 Å². The number of amides is 2. The Morgan fingerprint density at radius 1 is 1.03 bits per heavy atom. The molecule has 0 fully saturated rings. The van der Waals surface area contributed by atoms with E-state index in [1.54, 1.807) is 12.1 Å². The summed E-state index contributed by atoms with van der Waals surface area (Å²) in [5.41, 5.74) is 7.22. The fourth-order valence-electron chi connectivity index (χ4n) is 3.15. The van der Waals surface area contributed by atoms with Crippen LogP contribution in [0.15, 0.2) is 48.7 Å². The maximum absolute atomic E-state index is 14.6. The molecule has 0 saturated heterocycles. The van der Waals surface area contributed by atoms with Gasteiger partial charge in [0, 0.05) is 11.6 Å². The van der Waals surface area contributed by atoms with E-state index in [1.165, 1.54) is 41.8 Å². The molecule has 0 atom stereocenters. The lowest BCUT2D eigenvalue weighted by atomic mass is 9.98. The fraction of sp³-hybridized carbons (Fsp3) is 0.167. The van der Waals surface area contributed by atoms with Crippen LogP contribution in [0.3, 0.4) is 0 Å². The molecule has 2 heterocycles. The number of hydrogen-bond acceptors (Lipinski definition) is 6. The number of rotatable bonds is 4. The van der Waals surface area contributed by atoms with Gasteiger partial charge in [-0.3, -0.25) is 0 Å². The van der Waals surface area contributed by atoms with Crippen LogP contribution >= 0.6 is 22.9 Å². The quantitative estimate of drug-likeness (QED) is 0.280. The number of nitrogen functional groups attached to an aromatic ring is 1. The normalized spacial score (nSPS) is 11.4. The summed E-state index contributed by atoms with van der Waals surface area (Å²) in [6.07, 6.45) is 1.54. The van der Waals surface area contributed by atoms with Gasteiger partial charge in [-0.2, -0.15) is 0 Å². The van der Waals surface area contributed by atoms with Crippen molar-refractivity contribution in [1.29, 1.82) is 0 Å². The minimum absolute atomic E-state index is 0.0571. The van der Waals surface area contributed by atoms with E-state index in [1.807, 2.05) is 20.8 Å². The minimum atomic E-state index is -0.781. The van der Waals surface area contributed by atoms with Crippen molar-refractivity contribution in [2.75, 3.05) is 16.4 Å². The number of benzene rings is 2. The molecule has 0 bridgehead atoms. The number of anilines is 3. The zero-order valence-corrected chi connectivity index (χ0v) is 20.6. The Morgan fingerprint density at radius 3 is 2.49 bits per heavy atom. The molecule has 0 aliphatic carbocycles. The predicted octanol–water partition coefficient (Wildman–Crippen LogP) is 6.72. The van der Waals surface area contributed by atoms with Crippen LogP contribution in [0.25, 0.3) is 21.8 Å². The van der Waals surface area contributed by atoms with Crippen molar-refractivity contribution in [3.8, 4) is 21.8 Å². The number of carbonyl (C=O) groups is 1. The van der Waals surface area contributed by atoms with E-state index in [-0.39, 0.29) is 27.8 Å². The number of hydrogen-bond donors (Lipinski definition) is 3. The highest BCUT2D eigenvalue weighted by molar-refractivity contribution is 7.15. The first-order valence-corrected chi connectivity index (χ1v) is 11.6. The Bertz CT molecular complexity index is 1420. The maximum Gasteiger partial charge on any atom is 0.323 e. The minimum Gasteiger partial charge on any atom is -0.368 e. The van der Waals surface area contributed by atoms with Crippen LogP contribution in [-0.2, 0) is 5.41 Å². The molecular weight excluding hydrogens is 494 g/mol. The average Bonchev–Trinajstić information content (AvgIpc) is 3.24. The Hall–Kier alpha value is -3.63. The number of carbonyl (C=O) groups excluding carboxylic acids is 1. The lowest BCUT2D eigenvalue weighted by Crippen LogP contribution is -2.20. The van der Waals surface area contributed by atoms with E-state index in [4.69, 9.17) is 22.3 Å². The predicted molar refractivity (Wildman–Crippen MR) is 136 cm³/mol. The molecule has 0 aliphatic heterocycles. The van der Waals surface area contributed by atoms with Crippen molar-refractivity contribution >= 4 is 46.3 Å². The largest absolute Gasteiger partial charge is 0.368 e. The summed E-state index contributed by atoms with van der Waals surface area (Å²) in [6.45, 7) is 6.10. The molecule has 0 radical (unpaired) electrons. The third-order valence-corrected chi connectivity index (χ3v) is 6.70. The number of nitrogens with two attached hydrogens (primary N) is 1. The molecule has 4 rings (SSSR count). The van der Waals surface area contributed by atoms with Gasteiger partial charge in [0.05, 0.1) is 32.0 Å². The summed E-state index contributed by atoms with van der Waals surface area (Å²) in [5, 5.41) is 5.86. The molecule has 2 aromatic heterocycles. The zero-order valence-electron chi connectivity index (χ0n) is 19.0. The zero-order chi connectivity index (χ0) is 25.3. The van der Waals surface area contributed by atoms with Crippen molar-refractivity contribution in [1.82, 2.24) is 15.0 Å². The van der Waals surface area contributed by atoms with Gasteiger partial charge in [-0.1, -0.05) is 38.4 Å². The molecule has 180 valence electrons. The Morgan fingerprint density at radius 2 is 1.77 bits per heavy atom. The third kappa shape index (κ3) is 5.55. The lowest BCUT2D eigenvalue weighted by Gasteiger charge is -2.13. The molecule has 4 N–H and O–H groups in total. The smallest absolute Gasteiger partial charge is 0.323 e. The van der Waals surface area contributed by atoms with Crippen LogP contribution in [0.4, 0.5) is 30.9 Å². The Labute approximate surface area is 209 Å². The van der Waals surface area contributed by atoms with Gasteiger partial charge in [-0.25, -0.2) is 28.5 Å². The van der Waals surface area contributed by atoms with Gasteiger partial charge in [0.25, 0.3) is 0 Å². The first-order chi connectivity index (χ1) is 16.5. The number of nitrogens with one attached hydrogen (secondary N) is 2. The molecule has 2 amide bonds. The number of nitrogens with zero attached hydrogens (tertiary/aromatic N) is 3. The van der Waals surface area contributed by atoms with Gasteiger partial charge in [-0.05, 0) is 42.0 Å². The molecule has 0 aliphatic rings. The second-order valence-electron chi connectivity index (χ2n) is 8.64. The van der Waals surface area contributed by atoms with Crippen LogP contribution in [0.5, 0.6) is 0 Å². The van der Waals surface area contributed by atoms with Gasteiger partial charge in [0.15, 0.2) is 0 Å². The Balaban J connectivity index is 1.70. The van der Waals surface area contributed by atoms with E-state index in [0.29, 0.717) is 17.0 Å². The first kappa shape index (κ1) is 24.5. The number of urea groups is 1. The highest BCUT2D eigenvalue weighted by Gasteiger charge is 2.24. The van der Waals surface area contributed by atoms with Crippen LogP contribution in [0.1, 0.15) is 25.8 Å². The molecule has 7 nitrogen and oxygen atoms in total. The topological polar surface area (TPSA) is 106 Å². The summed E-state index contributed by atoms with van der Waals surface area (Å²) in [4.78, 5) is 26.2. The molecule has 0 unspecified atom stereocenters. The standard InChI is InChI=1S/C24H21ClF2N6OS/c1-24(2,3)21-33-19(16-8-9-29-22(28)30-16)20(35-21)12-4-7-15(27)18(10-12)32-23(34)31-17-11-13(26)5-6-14(17)25/h4-11H,1-3H3,(H2,28,29,30)(H2,31,32,34). The highest BCUT2D eigenvalue weighted by Crippen LogP contribution is 2.41. The Kier molecular flexibility index (Phi) is 6.68.